The highest BCUT2D eigenvalue weighted by molar-refractivity contribution is 5.83. The van der Waals surface area contributed by atoms with Crippen molar-refractivity contribution in [2.75, 3.05) is 35.3 Å². The number of hydrogen-bond acceptors (Lipinski definition) is 18. The molecule has 0 radical (unpaired) electrons. The van der Waals surface area contributed by atoms with Gasteiger partial charge < -0.3 is 27.7 Å². The Morgan fingerprint density at radius 2 is 0.932 bits per heavy atom. The molecule has 118 heavy (non-hydrogen) atoms. The highest BCUT2D eigenvalue weighted by Gasteiger charge is 2.67. The lowest BCUT2D eigenvalue weighted by Crippen LogP contribution is -2.46. The van der Waals surface area contributed by atoms with Crippen molar-refractivity contribution >= 4 is 35.2 Å². The van der Waals surface area contributed by atoms with Crippen LogP contribution in [0.4, 0.5) is 11.4 Å². The van der Waals surface area contributed by atoms with Crippen LogP contribution < -0.4 is 22.9 Å². The maximum atomic E-state index is 9.33. The summed E-state index contributed by atoms with van der Waals surface area (Å²) >= 11 is 0. The van der Waals surface area contributed by atoms with Gasteiger partial charge in [-0.3, -0.25) is 0 Å². The molecule has 0 bridgehead atoms. The number of guanidine groups is 4. The van der Waals surface area contributed by atoms with Gasteiger partial charge in [0, 0.05) is 96.6 Å². The molecule has 21 rings (SSSR count). The molecule has 0 saturated heterocycles. The largest absolute Gasteiger partial charge is 0.381 e. The lowest BCUT2D eigenvalue weighted by atomic mass is 9.65. The van der Waals surface area contributed by atoms with Crippen LogP contribution in [-0.2, 0) is 72.7 Å². The van der Waals surface area contributed by atoms with Crippen molar-refractivity contribution < 1.29 is 24.1 Å². The second-order valence-electron chi connectivity index (χ2n) is 35.0. The van der Waals surface area contributed by atoms with Gasteiger partial charge in [0.05, 0.1) is 30.9 Å². The Morgan fingerprint density at radius 1 is 0.483 bits per heavy atom. The fourth-order valence-corrected chi connectivity index (χ4v) is 21.1. The van der Waals surface area contributed by atoms with E-state index in [1.54, 1.807) is 27.4 Å². The molecule has 7 atom stereocenters. The highest BCUT2D eigenvalue weighted by atomic mass is 16.7. The zero-order valence-electron chi connectivity index (χ0n) is 68.3. The molecule has 3 fully saturated rings. The summed E-state index contributed by atoms with van der Waals surface area (Å²) in [6.07, 6.45) is 26.0. The zero-order chi connectivity index (χ0) is 81.7. The molecule has 0 amide bonds. The van der Waals surface area contributed by atoms with Gasteiger partial charge in [-0.15, -0.1) is 0 Å². The lowest BCUT2D eigenvalue weighted by molar-refractivity contribution is -0.232. The van der Waals surface area contributed by atoms with Gasteiger partial charge in [-0.1, -0.05) is 164 Å². The average molecular weight is 1570 g/mol. The molecule has 4 aliphatic heterocycles. The number of hydroxylamine groups is 8. The standard InChI is InChI=1S/C28H24N4O.C24H26N4O2.C24H24N4O.C22H27N3O/c1-32-26(30)31-28(33-32)25-15-22(21-9-5-6-19(14-21)18-29)10-11-24(25)17-27(28)13-12-23(16-27)20-7-3-2-4-8-20;1-26-19-6-4-5-16(13-19)17-7-8-18-15-23(11-9-20(29-3)10-12-23)24(21(18)14-17)27-22(25)28(2)30-24;1-16-9-11-23(12-10-16)15-19-8-7-18(17-5-4-6-20(13-17)26-2)14-21(19)24(23)27-22(25)28(3)29-24;1-15-9-11-21(12-10-15)14-18-8-7-17(6-5-16-3-4-16)13-19(18)22(21)24-20(23)25(2)26-22/h2-15,23H,16-17H2,1H3,(H2,30,31);4-8,13-14,20H,9-12,15H2,2-3H3,(H2,25,27);4-9,13-14H,10-12,15H2,1,3H3,(H2,25,27);7-8,13,15-16H,3-4,9-12,14H2,1-2H3,(H2,23,24). The first-order valence-electron chi connectivity index (χ1n) is 41.6. The third-order valence-electron chi connectivity index (χ3n) is 28.0. The molecule has 8 aromatic rings. The summed E-state index contributed by atoms with van der Waals surface area (Å²) in [6.45, 7) is 19.2. The van der Waals surface area contributed by atoms with E-state index in [9.17, 15) is 5.26 Å². The number of nitriles is 1. The Kier molecular flexibility index (Phi) is 19.4. The maximum absolute atomic E-state index is 9.33. The van der Waals surface area contributed by atoms with E-state index in [0.29, 0.717) is 58.7 Å². The quantitative estimate of drug-likeness (QED) is 0.0711. The molecule has 7 unspecified atom stereocenters. The minimum Gasteiger partial charge on any atom is -0.381 e. The number of aliphatic imine (C=N–C) groups is 4. The van der Waals surface area contributed by atoms with Crippen LogP contribution in [0.25, 0.3) is 43.1 Å². The van der Waals surface area contributed by atoms with Gasteiger partial charge in [-0.25, -0.2) is 69.3 Å². The molecule has 4 heterocycles. The summed E-state index contributed by atoms with van der Waals surface area (Å²) in [5, 5.41) is 15.8. The Labute approximate surface area is 692 Å². The van der Waals surface area contributed by atoms with Crippen molar-refractivity contribution in [1.82, 2.24) is 20.3 Å². The van der Waals surface area contributed by atoms with Crippen LogP contribution in [0.5, 0.6) is 0 Å². The topological polar surface area (TPSA) is 245 Å². The van der Waals surface area contributed by atoms with Gasteiger partial charge in [-0.2, -0.15) is 5.26 Å². The summed E-state index contributed by atoms with van der Waals surface area (Å²) in [6, 6.07) is 62.1. The number of nitrogens with zero attached hydrogens (tertiary/aromatic N) is 11. The first-order chi connectivity index (χ1) is 57.0. The number of benzene rings is 8. The van der Waals surface area contributed by atoms with Gasteiger partial charge >= 0.3 is 0 Å². The first kappa shape index (κ1) is 77.4. The number of methoxy groups -OCH3 is 1. The summed E-state index contributed by atoms with van der Waals surface area (Å²) < 4.78 is 5.63. The summed E-state index contributed by atoms with van der Waals surface area (Å²) in [5.41, 5.74) is 42.6. The molecule has 9 aliphatic carbocycles. The summed E-state index contributed by atoms with van der Waals surface area (Å²) in [7, 11) is 9.12. The van der Waals surface area contributed by atoms with Crippen molar-refractivity contribution in [3.8, 4) is 51.3 Å². The fraction of sp³-hybridized carbons (Fsp3) is 0.378. The molecule has 8 aromatic carbocycles. The van der Waals surface area contributed by atoms with Gasteiger partial charge in [0.2, 0.25) is 46.7 Å². The van der Waals surface area contributed by atoms with Crippen molar-refractivity contribution in [3.05, 3.63) is 284 Å². The third-order valence-corrected chi connectivity index (χ3v) is 28.0. The van der Waals surface area contributed by atoms with Crippen molar-refractivity contribution in [2.45, 2.75) is 164 Å². The molecule has 3 saturated carbocycles. The smallest absolute Gasteiger partial charge is 0.224 e. The number of ether oxygens (including phenoxy) is 1. The van der Waals surface area contributed by atoms with Gasteiger partial charge in [0.25, 0.3) is 0 Å². The van der Waals surface area contributed by atoms with E-state index in [1.807, 2.05) is 107 Å². The van der Waals surface area contributed by atoms with E-state index in [2.05, 4.69) is 157 Å². The Balaban J connectivity index is 0.000000109. The molecule has 20 heteroatoms. The molecule has 20 nitrogen and oxygen atoms in total. The molecular formula is C98H101N15O5. The normalized spacial score (nSPS) is 29.8. The van der Waals surface area contributed by atoms with Crippen molar-refractivity contribution in [2.24, 2.45) is 76.4 Å². The van der Waals surface area contributed by atoms with E-state index in [4.69, 9.17) is 80.1 Å². The van der Waals surface area contributed by atoms with Gasteiger partial charge in [-0.05, 0) is 244 Å². The van der Waals surface area contributed by atoms with Gasteiger partial charge in [0.1, 0.15) is 0 Å². The number of nitrogens with two attached hydrogens (primary N) is 4. The monoisotopic (exact) mass is 1570 g/mol. The first-order valence-corrected chi connectivity index (χ1v) is 41.6. The SMILES string of the molecule is CC1CCC2(CC1)Cc1ccc(C#CC3CC3)cc1C21N=C(N)N(C)O1.CN1OC2(N=C1N)c1cc(-c3cccc(C#N)c3)ccc1CC21C=CC(c2ccccc2)C1.[C-]#[N+]c1cccc(-c2ccc3c(c2)C2(N=C(N)N(C)O2)C2(CC=C(C)CC2)C3)c1.[C-]#[N+]c1cccc(-c2ccc3c(c2)C2(N=C(N)N(C)O2)C2(CCC(OC)CC2)C3)c1. The van der Waals surface area contributed by atoms with Crippen LogP contribution >= 0.6 is 0 Å². The van der Waals surface area contributed by atoms with Crippen molar-refractivity contribution in [3.63, 3.8) is 0 Å². The van der Waals surface area contributed by atoms with E-state index in [0.717, 1.165) is 151 Å². The van der Waals surface area contributed by atoms with Crippen LogP contribution in [-0.4, -0.2) is 85.5 Å². The number of allylic oxidation sites excluding steroid dienone is 3. The minimum atomic E-state index is -0.899. The number of fused-ring (bicyclic) bond motifs is 12. The summed E-state index contributed by atoms with van der Waals surface area (Å²) in [4.78, 5) is 52.8. The van der Waals surface area contributed by atoms with Crippen molar-refractivity contribution in [1.29, 1.82) is 5.26 Å². The lowest BCUT2D eigenvalue weighted by Gasteiger charge is -2.45. The van der Waals surface area contributed by atoms with Crippen LogP contribution in [0.15, 0.2) is 220 Å². The molecular weight excluding hydrogens is 1470 g/mol. The average Bonchev–Trinajstić information content (AvgIpc) is 1.57. The zero-order valence-corrected chi connectivity index (χ0v) is 68.3. The molecule has 8 spiro atoms. The summed E-state index contributed by atoms with van der Waals surface area (Å²) in [5.74, 6) is 10.1. The van der Waals surface area contributed by atoms with E-state index >= 15 is 0 Å². The molecule has 598 valence electrons. The van der Waals surface area contributed by atoms with Crippen LogP contribution in [0.3, 0.4) is 0 Å². The predicted molar refractivity (Wildman–Crippen MR) is 460 cm³/mol. The van der Waals surface area contributed by atoms with Crippen LogP contribution in [0.2, 0.25) is 0 Å². The van der Waals surface area contributed by atoms with Crippen LogP contribution in [0, 0.1) is 69.8 Å². The second kappa shape index (κ2) is 29.6. The van der Waals surface area contributed by atoms with E-state index in [-0.39, 0.29) is 21.7 Å². The highest BCUT2D eigenvalue weighted by Crippen LogP contribution is 2.67. The third kappa shape index (κ3) is 12.9. The maximum Gasteiger partial charge on any atom is 0.224 e. The molecule has 8 N–H and O–H groups in total. The van der Waals surface area contributed by atoms with Crippen LogP contribution in [0.1, 0.15) is 171 Å². The Bertz CT molecular complexity index is 5760. The Morgan fingerprint density at radius 3 is 1.41 bits per heavy atom. The fourth-order valence-electron chi connectivity index (χ4n) is 21.1. The van der Waals surface area contributed by atoms with Gasteiger partial charge in [0.15, 0.2) is 11.4 Å². The molecule has 0 aromatic heterocycles. The number of rotatable bonds is 5. The van der Waals surface area contributed by atoms with E-state index in [1.165, 1.54) is 64.6 Å². The minimum absolute atomic E-state index is 0.0137. The number of hydrogen-bond donors (Lipinski definition) is 4. The predicted octanol–water partition coefficient (Wildman–Crippen LogP) is 17.7. The molecule has 13 aliphatic rings. The van der Waals surface area contributed by atoms with E-state index < -0.39 is 22.9 Å². The Hall–Kier alpha value is -11.9. The second-order valence-corrected chi connectivity index (χ2v) is 35.0.